The van der Waals surface area contributed by atoms with Gasteiger partial charge in [0.15, 0.2) is 0 Å². The largest absolute Gasteiger partial charge is 0.342 e. The van der Waals surface area contributed by atoms with Gasteiger partial charge in [-0.05, 0) is 57.4 Å². The molecule has 1 saturated heterocycles. The first-order chi connectivity index (χ1) is 12.9. The molecule has 3 N–H and O–H groups in total. The fourth-order valence-corrected chi connectivity index (χ4v) is 3.53. The summed E-state index contributed by atoms with van der Waals surface area (Å²) >= 11 is 0. The third-order valence-corrected chi connectivity index (χ3v) is 4.84. The van der Waals surface area contributed by atoms with E-state index in [2.05, 4.69) is 21.0 Å². The van der Waals surface area contributed by atoms with Gasteiger partial charge in [-0.1, -0.05) is 17.7 Å². The Hall–Kier alpha value is -2.38. The quantitative estimate of drug-likeness (QED) is 0.713. The average molecular weight is 406 g/mol. The van der Waals surface area contributed by atoms with Gasteiger partial charge in [0, 0.05) is 18.4 Å². The molecule has 1 fully saturated rings. The molecule has 3 rings (SSSR count). The average Bonchev–Trinajstić information content (AvgIpc) is 3.14. The fourth-order valence-electron chi connectivity index (χ4n) is 3.53. The van der Waals surface area contributed by atoms with Crippen LogP contribution >= 0.6 is 12.4 Å². The predicted molar refractivity (Wildman–Crippen MR) is 112 cm³/mol. The van der Waals surface area contributed by atoms with E-state index in [0.717, 1.165) is 48.3 Å². The van der Waals surface area contributed by atoms with E-state index in [4.69, 9.17) is 0 Å². The van der Waals surface area contributed by atoms with Crippen molar-refractivity contribution >= 4 is 29.9 Å². The van der Waals surface area contributed by atoms with Crippen molar-refractivity contribution in [3.05, 3.63) is 46.8 Å². The first-order valence-corrected chi connectivity index (χ1v) is 9.36. The molecule has 1 aromatic carbocycles. The number of hydrogen-bond donors (Lipinski definition) is 3. The molecule has 1 aliphatic heterocycles. The summed E-state index contributed by atoms with van der Waals surface area (Å²) in [5, 5.41) is 13.2. The molecule has 1 unspecified atom stereocenters. The molecule has 7 nitrogen and oxygen atoms in total. The number of aryl methyl sites for hydroxylation is 3. The maximum atomic E-state index is 12.3. The Labute approximate surface area is 171 Å². The molecule has 1 aliphatic rings. The Morgan fingerprint density at radius 3 is 2.61 bits per heavy atom. The summed E-state index contributed by atoms with van der Waals surface area (Å²) in [6, 6.07) is 6.01. The minimum Gasteiger partial charge on any atom is -0.342 e. The van der Waals surface area contributed by atoms with E-state index in [-0.39, 0.29) is 36.8 Å². The SMILES string of the molecule is Cc1cc(C)c(NC(=O)CNC(=O)c2ccn(C3CCCNC3)n2)c(C)c1.Cl. The Morgan fingerprint density at radius 2 is 1.96 bits per heavy atom. The first-order valence-electron chi connectivity index (χ1n) is 9.36. The number of aromatic nitrogens is 2. The van der Waals surface area contributed by atoms with Gasteiger partial charge in [0.05, 0.1) is 12.6 Å². The second-order valence-electron chi connectivity index (χ2n) is 7.19. The molecule has 0 aliphatic carbocycles. The van der Waals surface area contributed by atoms with Crippen molar-refractivity contribution < 1.29 is 9.59 Å². The molecular formula is C20H28ClN5O2. The Bertz CT molecular complexity index is 820. The minimum atomic E-state index is -0.343. The van der Waals surface area contributed by atoms with Crippen LogP contribution < -0.4 is 16.0 Å². The van der Waals surface area contributed by atoms with Gasteiger partial charge in [0.1, 0.15) is 5.69 Å². The van der Waals surface area contributed by atoms with Crippen molar-refractivity contribution in [2.24, 2.45) is 0 Å². The smallest absolute Gasteiger partial charge is 0.272 e. The topological polar surface area (TPSA) is 88.0 Å². The van der Waals surface area contributed by atoms with E-state index in [9.17, 15) is 9.59 Å². The van der Waals surface area contributed by atoms with Crippen molar-refractivity contribution in [3.8, 4) is 0 Å². The molecular weight excluding hydrogens is 378 g/mol. The minimum absolute atomic E-state index is 0. The molecule has 2 aromatic rings. The molecule has 2 amide bonds. The first kappa shape index (κ1) is 21.9. The summed E-state index contributed by atoms with van der Waals surface area (Å²) in [6.07, 6.45) is 3.98. The normalized spacial score (nSPS) is 16.2. The number of piperidine rings is 1. The summed E-state index contributed by atoms with van der Waals surface area (Å²) in [5.41, 5.74) is 4.30. The van der Waals surface area contributed by atoms with Gasteiger partial charge in [0.2, 0.25) is 5.91 Å². The number of rotatable bonds is 5. The lowest BCUT2D eigenvalue weighted by molar-refractivity contribution is -0.115. The highest BCUT2D eigenvalue weighted by atomic mass is 35.5. The van der Waals surface area contributed by atoms with Gasteiger partial charge < -0.3 is 16.0 Å². The van der Waals surface area contributed by atoms with Crippen LogP contribution in [0, 0.1) is 20.8 Å². The van der Waals surface area contributed by atoms with Crippen molar-refractivity contribution in [1.29, 1.82) is 0 Å². The van der Waals surface area contributed by atoms with Crippen molar-refractivity contribution in [2.45, 2.75) is 39.7 Å². The molecule has 152 valence electrons. The summed E-state index contributed by atoms with van der Waals surface area (Å²) < 4.78 is 1.83. The van der Waals surface area contributed by atoms with E-state index in [1.54, 1.807) is 6.07 Å². The van der Waals surface area contributed by atoms with Crippen molar-refractivity contribution in [1.82, 2.24) is 20.4 Å². The van der Waals surface area contributed by atoms with Crippen LogP contribution in [0.5, 0.6) is 0 Å². The van der Waals surface area contributed by atoms with Crippen LogP contribution in [0.2, 0.25) is 0 Å². The van der Waals surface area contributed by atoms with Crippen LogP contribution in [0.25, 0.3) is 0 Å². The fraction of sp³-hybridized carbons (Fsp3) is 0.450. The van der Waals surface area contributed by atoms with E-state index in [1.165, 1.54) is 0 Å². The molecule has 0 saturated carbocycles. The van der Waals surface area contributed by atoms with Crippen molar-refractivity contribution in [2.75, 3.05) is 25.0 Å². The van der Waals surface area contributed by atoms with Crippen LogP contribution in [0.1, 0.15) is 46.1 Å². The maximum Gasteiger partial charge on any atom is 0.272 e. The highest BCUT2D eigenvalue weighted by Crippen LogP contribution is 2.21. The number of anilines is 1. The van der Waals surface area contributed by atoms with E-state index in [0.29, 0.717) is 5.69 Å². The zero-order chi connectivity index (χ0) is 19.4. The van der Waals surface area contributed by atoms with Crippen LogP contribution in [0.4, 0.5) is 5.69 Å². The molecule has 28 heavy (non-hydrogen) atoms. The second kappa shape index (κ2) is 9.71. The highest BCUT2D eigenvalue weighted by Gasteiger charge is 2.18. The predicted octanol–water partition coefficient (Wildman–Crippen LogP) is 2.52. The number of carbonyl (C=O) groups is 2. The second-order valence-corrected chi connectivity index (χ2v) is 7.19. The van der Waals surface area contributed by atoms with Gasteiger partial charge in [-0.15, -0.1) is 12.4 Å². The monoisotopic (exact) mass is 405 g/mol. The van der Waals surface area contributed by atoms with E-state index in [1.807, 2.05) is 43.8 Å². The lowest BCUT2D eigenvalue weighted by Gasteiger charge is -2.22. The molecule has 0 radical (unpaired) electrons. The molecule has 8 heteroatoms. The standard InChI is InChI=1S/C20H27N5O2.ClH/c1-13-9-14(2)19(15(3)10-13)23-18(26)12-22-20(27)17-6-8-25(24-17)16-5-4-7-21-11-16;/h6,8-10,16,21H,4-5,7,11-12H2,1-3H3,(H,22,27)(H,23,26);1H. The van der Waals surface area contributed by atoms with Gasteiger partial charge in [0.25, 0.3) is 5.91 Å². The number of nitrogens with one attached hydrogen (secondary N) is 3. The number of amides is 2. The molecule has 0 spiro atoms. The van der Waals surface area contributed by atoms with Gasteiger partial charge in [-0.2, -0.15) is 5.10 Å². The van der Waals surface area contributed by atoms with Gasteiger partial charge in [-0.3, -0.25) is 14.3 Å². The third-order valence-electron chi connectivity index (χ3n) is 4.84. The zero-order valence-corrected chi connectivity index (χ0v) is 17.4. The van der Waals surface area contributed by atoms with Crippen LogP contribution in [0.15, 0.2) is 24.4 Å². The number of carbonyl (C=O) groups excluding carboxylic acids is 2. The highest BCUT2D eigenvalue weighted by molar-refractivity contribution is 5.99. The third kappa shape index (κ3) is 5.33. The number of halogens is 1. The summed E-state index contributed by atoms with van der Waals surface area (Å²) in [5.74, 6) is -0.598. The molecule has 0 bridgehead atoms. The Morgan fingerprint density at radius 1 is 1.25 bits per heavy atom. The zero-order valence-electron chi connectivity index (χ0n) is 16.5. The van der Waals surface area contributed by atoms with E-state index >= 15 is 0 Å². The Balaban J connectivity index is 0.00000280. The van der Waals surface area contributed by atoms with E-state index < -0.39 is 0 Å². The maximum absolute atomic E-state index is 12.3. The number of hydrogen-bond acceptors (Lipinski definition) is 4. The number of nitrogens with zero attached hydrogens (tertiary/aromatic N) is 2. The van der Waals surface area contributed by atoms with Crippen LogP contribution in [-0.4, -0.2) is 41.2 Å². The molecule has 1 aromatic heterocycles. The number of benzene rings is 1. The lowest BCUT2D eigenvalue weighted by Crippen LogP contribution is -2.34. The van der Waals surface area contributed by atoms with Crippen molar-refractivity contribution in [3.63, 3.8) is 0 Å². The van der Waals surface area contributed by atoms with Crippen LogP contribution in [-0.2, 0) is 4.79 Å². The van der Waals surface area contributed by atoms with Gasteiger partial charge >= 0.3 is 0 Å². The molecule has 1 atom stereocenters. The Kier molecular flexibility index (Phi) is 7.60. The van der Waals surface area contributed by atoms with Gasteiger partial charge in [-0.25, -0.2) is 0 Å². The van der Waals surface area contributed by atoms with Crippen LogP contribution in [0.3, 0.4) is 0 Å². The summed E-state index contributed by atoms with van der Waals surface area (Å²) in [7, 11) is 0. The summed E-state index contributed by atoms with van der Waals surface area (Å²) in [4.78, 5) is 24.5. The lowest BCUT2D eigenvalue weighted by atomic mass is 10.1. The summed E-state index contributed by atoms with van der Waals surface area (Å²) in [6.45, 7) is 7.74. The molecule has 2 heterocycles.